The number of rotatable bonds is 3. The molecule has 0 aliphatic carbocycles. The third-order valence-corrected chi connectivity index (χ3v) is 4.83. The Morgan fingerprint density at radius 3 is 2.76 bits per heavy atom. The molecule has 0 radical (unpaired) electrons. The number of carbonyl (C=O) groups is 1. The van der Waals surface area contributed by atoms with Gasteiger partial charge in [0.25, 0.3) is 0 Å². The highest BCUT2D eigenvalue weighted by Gasteiger charge is 2.27. The van der Waals surface area contributed by atoms with Crippen molar-refractivity contribution in [3.8, 4) is 5.75 Å². The van der Waals surface area contributed by atoms with Crippen LogP contribution in [0.3, 0.4) is 0 Å². The smallest absolute Gasteiger partial charge is 0.414 e. The van der Waals surface area contributed by atoms with Crippen molar-refractivity contribution in [2.75, 3.05) is 11.4 Å². The number of pyridine rings is 1. The van der Waals surface area contributed by atoms with Gasteiger partial charge in [-0.3, -0.25) is 4.90 Å². The minimum absolute atomic E-state index is 0.299. The topological polar surface area (TPSA) is 51.7 Å². The number of para-hydroxylation sites is 1. The summed E-state index contributed by atoms with van der Waals surface area (Å²) in [7, 11) is 0. The molecule has 1 aliphatic rings. The molecule has 0 atom stereocenters. The molecule has 4 rings (SSSR count). The summed E-state index contributed by atoms with van der Waals surface area (Å²) >= 11 is 0. The zero-order chi connectivity index (χ0) is 20.4. The average Bonchev–Trinajstić information content (AvgIpc) is 2.70. The van der Waals surface area contributed by atoms with E-state index in [2.05, 4.69) is 11.1 Å². The van der Waals surface area contributed by atoms with Crippen LogP contribution in [0.15, 0.2) is 54.6 Å². The van der Waals surface area contributed by atoms with Crippen LogP contribution >= 0.6 is 0 Å². The van der Waals surface area contributed by atoms with Gasteiger partial charge in [-0.05, 0) is 69.5 Å². The summed E-state index contributed by atoms with van der Waals surface area (Å²) in [5.41, 5.74) is 3.35. The first-order chi connectivity index (χ1) is 13.9. The Hall–Kier alpha value is -3.08. The average molecular weight is 390 g/mol. The van der Waals surface area contributed by atoms with Crippen molar-refractivity contribution in [1.29, 1.82) is 0 Å². The first kappa shape index (κ1) is 19.2. The normalized spacial score (nSPS) is 13.8. The standard InChI is InChI=1S/C24H26N2O3/c1-24(2,3)29-23(27)26-14-6-8-18-15-20(12-13-22(18)26)28-16-19-11-10-17-7-4-5-9-21(17)25-19/h4-5,7,9-13,15H,6,8,14,16H2,1-3H3. The molecule has 1 aliphatic heterocycles. The lowest BCUT2D eigenvalue weighted by molar-refractivity contribution is 0.0578. The minimum Gasteiger partial charge on any atom is -0.487 e. The predicted octanol–water partition coefficient (Wildman–Crippen LogP) is 5.50. The van der Waals surface area contributed by atoms with Crippen molar-refractivity contribution in [1.82, 2.24) is 4.98 Å². The van der Waals surface area contributed by atoms with Crippen LogP contribution in [-0.4, -0.2) is 23.2 Å². The lowest BCUT2D eigenvalue weighted by Gasteiger charge is -2.31. The van der Waals surface area contributed by atoms with Crippen molar-refractivity contribution < 1.29 is 14.3 Å². The van der Waals surface area contributed by atoms with Crippen molar-refractivity contribution in [2.24, 2.45) is 0 Å². The van der Waals surface area contributed by atoms with Gasteiger partial charge >= 0.3 is 6.09 Å². The van der Waals surface area contributed by atoms with Crippen LogP contribution in [0, 0.1) is 0 Å². The van der Waals surface area contributed by atoms with Crippen LogP contribution in [0.25, 0.3) is 10.9 Å². The molecular weight excluding hydrogens is 364 g/mol. The Kier molecular flexibility index (Phi) is 5.14. The quantitative estimate of drug-likeness (QED) is 0.592. The third-order valence-electron chi connectivity index (χ3n) is 4.83. The van der Waals surface area contributed by atoms with Gasteiger partial charge in [0.1, 0.15) is 18.0 Å². The summed E-state index contributed by atoms with van der Waals surface area (Å²) in [4.78, 5) is 18.9. The maximum Gasteiger partial charge on any atom is 0.414 e. The highest BCUT2D eigenvalue weighted by molar-refractivity contribution is 5.89. The summed E-state index contributed by atoms with van der Waals surface area (Å²) in [6.07, 6.45) is 1.52. The summed E-state index contributed by atoms with van der Waals surface area (Å²) < 4.78 is 11.5. The number of fused-ring (bicyclic) bond motifs is 2. The number of benzene rings is 2. The van der Waals surface area contributed by atoms with E-state index < -0.39 is 5.60 Å². The van der Waals surface area contributed by atoms with Crippen LogP contribution in [0.4, 0.5) is 10.5 Å². The molecule has 29 heavy (non-hydrogen) atoms. The molecule has 5 nitrogen and oxygen atoms in total. The molecule has 0 spiro atoms. The fourth-order valence-electron chi connectivity index (χ4n) is 3.52. The predicted molar refractivity (Wildman–Crippen MR) is 114 cm³/mol. The fraction of sp³-hybridized carbons (Fsp3) is 0.333. The molecule has 0 N–H and O–H groups in total. The first-order valence-electron chi connectivity index (χ1n) is 10.00. The van der Waals surface area contributed by atoms with Gasteiger partial charge in [0.05, 0.1) is 16.9 Å². The van der Waals surface area contributed by atoms with E-state index in [0.29, 0.717) is 13.2 Å². The highest BCUT2D eigenvalue weighted by atomic mass is 16.6. The second-order valence-corrected chi connectivity index (χ2v) is 8.31. The van der Waals surface area contributed by atoms with Crippen LogP contribution < -0.4 is 9.64 Å². The first-order valence-corrected chi connectivity index (χ1v) is 10.00. The maximum atomic E-state index is 12.5. The molecule has 0 saturated heterocycles. The molecule has 0 unspecified atom stereocenters. The van der Waals surface area contributed by atoms with Crippen molar-refractivity contribution in [3.63, 3.8) is 0 Å². The van der Waals surface area contributed by atoms with Crippen LogP contribution in [0.1, 0.15) is 38.4 Å². The second kappa shape index (κ2) is 7.74. The fourth-order valence-corrected chi connectivity index (χ4v) is 3.52. The summed E-state index contributed by atoms with van der Waals surface area (Å²) in [5, 5.41) is 1.12. The number of aryl methyl sites for hydroxylation is 1. The van der Waals surface area contributed by atoms with Gasteiger partial charge in [-0.25, -0.2) is 9.78 Å². The van der Waals surface area contributed by atoms with Gasteiger partial charge in [0, 0.05) is 11.9 Å². The van der Waals surface area contributed by atoms with E-state index >= 15 is 0 Å². The molecule has 0 saturated carbocycles. The number of amides is 1. The maximum absolute atomic E-state index is 12.5. The van der Waals surface area contributed by atoms with E-state index in [0.717, 1.165) is 46.4 Å². The Morgan fingerprint density at radius 2 is 1.93 bits per heavy atom. The molecular formula is C24H26N2O3. The monoisotopic (exact) mass is 390 g/mol. The molecule has 0 bridgehead atoms. The third kappa shape index (κ3) is 4.50. The van der Waals surface area contributed by atoms with Gasteiger partial charge in [-0.15, -0.1) is 0 Å². The lowest BCUT2D eigenvalue weighted by atomic mass is 10.0. The van der Waals surface area contributed by atoms with E-state index in [1.165, 1.54) is 0 Å². The second-order valence-electron chi connectivity index (χ2n) is 8.31. The molecule has 1 aromatic heterocycles. The minimum atomic E-state index is -0.509. The summed E-state index contributed by atoms with van der Waals surface area (Å²) in [6.45, 7) is 6.72. The van der Waals surface area contributed by atoms with E-state index in [9.17, 15) is 4.79 Å². The number of carbonyl (C=O) groups excluding carboxylic acids is 1. The molecule has 150 valence electrons. The molecule has 0 fully saturated rings. The zero-order valence-corrected chi connectivity index (χ0v) is 17.1. The highest BCUT2D eigenvalue weighted by Crippen LogP contribution is 2.32. The number of anilines is 1. The molecule has 2 aromatic carbocycles. The van der Waals surface area contributed by atoms with Gasteiger partial charge < -0.3 is 9.47 Å². The Morgan fingerprint density at radius 1 is 1.10 bits per heavy atom. The SMILES string of the molecule is CC(C)(C)OC(=O)N1CCCc2cc(OCc3ccc4ccccc4n3)ccc21. The van der Waals surface area contributed by atoms with Crippen molar-refractivity contribution in [3.05, 3.63) is 65.9 Å². The number of nitrogens with zero attached hydrogens (tertiary/aromatic N) is 2. The Bertz CT molecular complexity index is 1040. The summed E-state index contributed by atoms with van der Waals surface area (Å²) in [6, 6.07) is 18.0. The lowest BCUT2D eigenvalue weighted by Crippen LogP contribution is -2.39. The number of hydrogen-bond donors (Lipinski definition) is 0. The van der Waals surface area contributed by atoms with Gasteiger partial charge in [0.15, 0.2) is 0 Å². The number of hydrogen-bond acceptors (Lipinski definition) is 4. The zero-order valence-electron chi connectivity index (χ0n) is 17.1. The number of ether oxygens (including phenoxy) is 2. The van der Waals surface area contributed by atoms with E-state index in [1.54, 1.807) is 4.90 Å². The Labute approximate surface area is 171 Å². The molecule has 3 aromatic rings. The van der Waals surface area contributed by atoms with E-state index in [4.69, 9.17) is 9.47 Å². The van der Waals surface area contributed by atoms with Crippen LogP contribution in [0.2, 0.25) is 0 Å². The summed E-state index contributed by atoms with van der Waals surface area (Å²) in [5.74, 6) is 0.782. The van der Waals surface area contributed by atoms with Crippen molar-refractivity contribution >= 4 is 22.7 Å². The largest absolute Gasteiger partial charge is 0.487 e. The van der Waals surface area contributed by atoms with E-state index in [1.807, 2.05) is 69.3 Å². The molecule has 5 heteroatoms. The van der Waals surface area contributed by atoms with Crippen LogP contribution in [-0.2, 0) is 17.8 Å². The number of aromatic nitrogens is 1. The molecule has 2 heterocycles. The van der Waals surface area contributed by atoms with Gasteiger partial charge in [-0.2, -0.15) is 0 Å². The van der Waals surface area contributed by atoms with Gasteiger partial charge in [-0.1, -0.05) is 24.3 Å². The molecule has 1 amide bonds. The van der Waals surface area contributed by atoms with E-state index in [-0.39, 0.29) is 6.09 Å². The van der Waals surface area contributed by atoms with Crippen molar-refractivity contribution in [2.45, 2.75) is 45.8 Å². The van der Waals surface area contributed by atoms with Gasteiger partial charge in [0.2, 0.25) is 0 Å². The Balaban J connectivity index is 1.48. The van der Waals surface area contributed by atoms with Crippen LogP contribution in [0.5, 0.6) is 5.75 Å².